The van der Waals surface area contributed by atoms with Crippen LogP contribution < -0.4 is 0 Å². The number of likely N-dealkylation sites (tertiary alicyclic amines) is 1. The van der Waals surface area contributed by atoms with Gasteiger partial charge in [0.1, 0.15) is 5.60 Å². The largest absolute Gasteiger partial charge is 0.444 e. The number of ketones is 1. The zero-order valence-corrected chi connectivity index (χ0v) is 9.71. The Labute approximate surface area is 90.9 Å². The van der Waals surface area contributed by atoms with Crippen molar-refractivity contribution < 1.29 is 14.3 Å². The van der Waals surface area contributed by atoms with E-state index in [9.17, 15) is 9.59 Å². The highest BCUT2D eigenvalue weighted by atomic mass is 16.6. The quantitative estimate of drug-likeness (QED) is 0.578. The molecule has 0 radical (unpaired) electrons. The first-order valence-corrected chi connectivity index (χ1v) is 4.88. The predicted molar refractivity (Wildman–Crippen MR) is 58.7 cm³/mol. The summed E-state index contributed by atoms with van der Waals surface area (Å²) >= 11 is 0. The van der Waals surface area contributed by atoms with Gasteiger partial charge in [-0.3, -0.25) is 4.79 Å². The Morgan fingerprint density at radius 2 is 1.93 bits per heavy atom. The SMILES string of the molecule is C=C.CC(C)(C)OC(=O)N1CCC(=O)C1. The van der Waals surface area contributed by atoms with Gasteiger partial charge in [0, 0.05) is 13.0 Å². The smallest absolute Gasteiger partial charge is 0.410 e. The molecule has 86 valence electrons. The summed E-state index contributed by atoms with van der Waals surface area (Å²) in [5.41, 5.74) is -0.483. The van der Waals surface area contributed by atoms with E-state index in [1.807, 2.05) is 20.8 Å². The number of hydrogen-bond acceptors (Lipinski definition) is 3. The fourth-order valence-electron chi connectivity index (χ4n) is 1.11. The monoisotopic (exact) mass is 213 g/mol. The molecule has 0 aromatic carbocycles. The van der Waals surface area contributed by atoms with E-state index in [1.54, 1.807) is 0 Å². The Kier molecular flexibility index (Phi) is 5.05. The number of nitrogens with zero attached hydrogens (tertiary/aromatic N) is 1. The Bertz CT molecular complexity index is 243. The molecule has 1 amide bonds. The van der Waals surface area contributed by atoms with E-state index in [0.29, 0.717) is 13.0 Å². The van der Waals surface area contributed by atoms with Crippen LogP contribution in [0.15, 0.2) is 13.2 Å². The summed E-state index contributed by atoms with van der Waals surface area (Å²) in [4.78, 5) is 23.7. The van der Waals surface area contributed by atoms with Crippen LogP contribution in [0.2, 0.25) is 0 Å². The average molecular weight is 213 g/mol. The minimum Gasteiger partial charge on any atom is -0.444 e. The molecule has 15 heavy (non-hydrogen) atoms. The second-order valence-electron chi connectivity index (χ2n) is 4.19. The van der Waals surface area contributed by atoms with Crippen molar-refractivity contribution in [3.05, 3.63) is 13.2 Å². The maximum absolute atomic E-state index is 11.4. The van der Waals surface area contributed by atoms with Crippen LogP contribution in [0.4, 0.5) is 4.79 Å². The first-order chi connectivity index (χ1) is 6.88. The molecule has 0 unspecified atom stereocenters. The number of amides is 1. The summed E-state index contributed by atoms with van der Waals surface area (Å²) in [7, 11) is 0. The predicted octanol–water partition coefficient (Wildman–Crippen LogP) is 2.00. The van der Waals surface area contributed by atoms with E-state index < -0.39 is 11.7 Å². The minimum absolute atomic E-state index is 0.103. The fourth-order valence-corrected chi connectivity index (χ4v) is 1.11. The first-order valence-electron chi connectivity index (χ1n) is 4.88. The normalized spacial score (nSPS) is 15.7. The second kappa shape index (κ2) is 5.53. The van der Waals surface area contributed by atoms with Crippen molar-refractivity contribution in [2.75, 3.05) is 13.1 Å². The molecule has 0 aromatic heterocycles. The van der Waals surface area contributed by atoms with Crippen LogP contribution in [0.25, 0.3) is 0 Å². The van der Waals surface area contributed by atoms with Gasteiger partial charge < -0.3 is 9.64 Å². The zero-order chi connectivity index (χ0) is 12.1. The second-order valence-corrected chi connectivity index (χ2v) is 4.19. The van der Waals surface area contributed by atoms with Gasteiger partial charge in [0.2, 0.25) is 0 Å². The molecular weight excluding hydrogens is 194 g/mol. The third kappa shape index (κ3) is 5.20. The number of ether oxygens (including phenoxy) is 1. The van der Waals surface area contributed by atoms with Crippen molar-refractivity contribution in [1.29, 1.82) is 0 Å². The number of hydrogen-bond donors (Lipinski definition) is 0. The molecule has 4 nitrogen and oxygen atoms in total. The summed E-state index contributed by atoms with van der Waals surface area (Å²) in [6, 6.07) is 0. The lowest BCUT2D eigenvalue weighted by Crippen LogP contribution is -2.35. The van der Waals surface area contributed by atoms with Crippen molar-refractivity contribution in [2.24, 2.45) is 0 Å². The Morgan fingerprint density at radius 1 is 1.40 bits per heavy atom. The van der Waals surface area contributed by atoms with Crippen LogP contribution in [0.5, 0.6) is 0 Å². The van der Waals surface area contributed by atoms with Crippen LogP contribution in [0.1, 0.15) is 27.2 Å². The van der Waals surface area contributed by atoms with E-state index in [2.05, 4.69) is 13.2 Å². The molecule has 0 saturated carbocycles. The van der Waals surface area contributed by atoms with Crippen LogP contribution in [-0.2, 0) is 9.53 Å². The first kappa shape index (κ1) is 13.7. The van der Waals surface area contributed by atoms with E-state index in [4.69, 9.17) is 4.74 Å². The molecule has 1 rings (SSSR count). The zero-order valence-electron chi connectivity index (χ0n) is 9.71. The van der Waals surface area contributed by atoms with Gasteiger partial charge in [-0.15, -0.1) is 13.2 Å². The van der Waals surface area contributed by atoms with Crippen LogP contribution in [0, 0.1) is 0 Å². The third-order valence-electron chi connectivity index (χ3n) is 1.68. The molecule has 0 N–H and O–H groups in total. The molecule has 0 aromatic rings. The lowest BCUT2D eigenvalue weighted by atomic mass is 10.2. The van der Waals surface area contributed by atoms with Crippen LogP contribution >= 0.6 is 0 Å². The maximum atomic E-state index is 11.4. The number of carbonyl (C=O) groups is 2. The summed E-state index contributed by atoms with van der Waals surface area (Å²) in [6.45, 7) is 12.1. The molecule has 0 spiro atoms. The van der Waals surface area contributed by atoms with E-state index in [0.717, 1.165) is 0 Å². The molecule has 0 atom stereocenters. The van der Waals surface area contributed by atoms with Gasteiger partial charge in [0.25, 0.3) is 0 Å². The molecular formula is C11H19NO3. The van der Waals surface area contributed by atoms with Crippen molar-refractivity contribution in [1.82, 2.24) is 4.90 Å². The average Bonchev–Trinajstić information content (AvgIpc) is 2.52. The number of rotatable bonds is 0. The van der Waals surface area contributed by atoms with Gasteiger partial charge in [0.15, 0.2) is 5.78 Å². The third-order valence-corrected chi connectivity index (χ3v) is 1.68. The highest BCUT2D eigenvalue weighted by Gasteiger charge is 2.27. The number of carbonyl (C=O) groups excluding carboxylic acids is 2. The highest BCUT2D eigenvalue weighted by molar-refractivity contribution is 5.87. The summed E-state index contributed by atoms with van der Waals surface area (Å²) in [5, 5.41) is 0. The Balaban J connectivity index is 0.000000921. The van der Waals surface area contributed by atoms with Crippen molar-refractivity contribution >= 4 is 11.9 Å². The molecule has 4 heteroatoms. The Hall–Kier alpha value is -1.32. The van der Waals surface area contributed by atoms with Crippen molar-refractivity contribution in [3.8, 4) is 0 Å². The molecule has 1 heterocycles. The van der Waals surface area contributed by atoms with Gasteiger partial charge in [-0.05, 0) is 20.8 Å². The summed E-state index contributed by atoms with van der Waals surface area (Å²) < 4.78 is 5.10. The lowest BCUT2D eigenvalue weighted by molar-refractivity contribution is -0.116. The van der Waals surface area contributed by atoms with E-state index >= 15 is 0 Å². The molecule has 0 bridgehead atoms. The van der Waals surface area contributed by atoms with Crippen LogP contribution in [0.3, 0.4) is 0 Å². The standard InChI is InChI=1S/C9H15NO3.C2H4/c1-9(2,3)13-8(12)10-5-4-7(11)6-10;1-2/h4-6H2,1-3H3;1-2H2. The van der Waals surface area contributed by atoms with Gasteiger partial charge in [-0.2, -0.15) is 0 Å². The van der Waals surface area contributed by atoms with Crippen molar-refractivity contribution in [3.63, 3.8) is 0 Å². The van der Waals surface area contributed by atoms with Gasteiger partial charge >= 0.3 is 6.09 Å². The molecule has 1 saturated heterocycles. The van der Waals surface area contributed by atoms with Gasteiger partial charge in [-0.1, -0.05) is 0 Å². The fraction of sp³-hybridized carbons (Fsp3) is 0.636. The van der Waals surface area contributed by atoms with E-state index in [-0.39, 0.29) is 12.3 Å². The summed E-state index contributed by atoms with van der Waals surface area (Å²) in [5.74, 6) is 0.103. The summed E-state index contributed by atoms with van der Waals surface area (Å²) in [6.07, 6.45) is 0.0672. The van der Waals surface area contributed by atoms with E-state index in [1.165, 1.54) is 4.90 Å². The lowest BCUT2D eigenvalue weighted by Gasteiger charge is -2.23. The molecule has 1 aliphatic rings. The van der Waals surface area contributed by atoms with Crippen molar-refractivity contribution in [2.45, 2.75) is 32.8 Å². The molecule has 0 aliphatic carbocycles. The van der Waals surface area contributed by atoms with Crippen LogP contribution in [-0.4, -0.2) is 35.5 Å². The minimum atomic E-state index is -0.483. The topological polar surface area (TPSA) is 46.6 Å². The maximum Gasteiger partial charge on any atom is 0.410 e. The van der Waals surface area contributed by atoms with Gasteiger partial charge in [-0.25, -0.2) is 4.79 Å². The van der Waals surface area contributed by atoms with Gasteiger partial charge in [0.05, 0.1) is 6.54 Å². The Morgan fingerprint density at radius 3 is 2.27 bits per heavy atom. The molecule has 1 fully saturated rings. The number of Topliss-reactive ketones (excluding diaryl/α,β-unsaturated/α-hetero) is 1. The molecule has 1 aliphatic heterocycles. The highest BCUT2D eigenvalue weighted by Crippen LogP contribution is 2.12.